The maximum absolute atomic E-state index is 13.0. The van der Waals surface area contributed by atoms with Crippen LogP contribution in [0.2, 0.25) is 0 Å². The Bertz CT molecular complexity index is 1690. The van der Waals surface area contributed by atoms with E-state index in [0.29, 0.717) is 21.8 Å². The number of aromatic amines is 1. The monoisotopic (exact) mass is 474 g/mol. The number of benzene rings is 2. The Balaban J connectivity index is 1.48. The summed E-state index contributed by atoms with van der Waals surface area (Å²) in [4.78, 5) is 34.9. The van der Waals surface area contributed by atoms with Gasteiger partial charge in [0.2, 0.25) is 0 Å². The zero-order valence-corrected chi connectivity index (χ0v) is 18.4. The van der Waals surface area contributed by atoms with E-state index in [1.165, 1.54) is 17.1 Å². The first kappa shape index (κ1) is 21.5. The number of amides is 1. The van der Waals surface area contributed by atoms with Gasteiger partial charge >= 0.3 is 0 Å². The number of fused-ring (bicyclic) bond motifs is 2. The number of nitrogens with zero attached hydrogens (tertiary/aromatic N) is 3. The first-order chi connectivity index (χ1) is 16.4. The molecule has 0 radical (unpaired) electrons. The molecule has 5 rings (SSSR count). The van der Waals surface area contributed by atoms with E-state index >= 15 is 0 Å². The molecular weight excluding hydrogens is 456 g/mol. The zero-order chi connectivity index (χ0) is 23.7. The summed E-state index contributed by atoms with van der Waals surface area (Å²) in [6.45, 7) is 0.152. The average Bonchev–Trinajstić information content (AvgIpc) is 3.30. The molecule has 11 heteroatoms. The van der Waals surface area contributed by atoms with Gasteiger partial charge in [0.1, 0.15) is 10.5 Å². The number of hydrogen-bond acceptors (Lipinski definition) is 6. The highest BCUT2D eigenvalue weighted by molar-refractivity contribution is 7.89. The van der Waals surface area contributed by atoms with Crippen LogP contribution in [-0.2, 0) is 16.6 Å². The minimum Gasteiger partial charge on any atom is -0.345 e. The number of rotatable bonds is 6. The topological polar surface area (TPSA) is 139 Å². The number of aromatic nitrogens is 4. The molecule has 0 saturated carbocycles. The molecule has 0 aliphatic heterocycles. The molecule has 3 heterocycles. The summed E-state index contributed by atoms with van der Waals surface area (Å²) in [5.74, 6) is -0.806. The predicted molar refractivity (Wildman–Crippen MR) is 125 cm³/mol. The molecule has 10 nitrogen and oxygen atoms in total. The van der Waals surface area contributed by atoms with Gasteiger partial charge in [0.25, 0.3) is 21.5 Å². The Labute approximate surface area is 193 Å². The summed E-state index contributed by atoms with van der Waals surface area (Å²) in [7, 11) is -4.12. The molecule has 0 unspecified atom stereocenters. The first-order valence-electron chi connectivity index (χ1n) is 10.2. The number of carbonyl (C=O) groups excluding carboxylic acids is 1. The van der Waals surface area contributed by atoms with Crippen LogP contribution < -0.4 is 15.8 Å². The number of hydrogen-bond donors (Lipinski definition) is 3. The van der Waals surface area contributed by atoms with Crippen molar-refractivity contribution in [3.63, 3.8) is 0 Å². The Kier molecular flexibility index (Phi) is 5.40. The van der Waals surface area contributed by atoms with Gasteiger partial charge in [0, 0.05) is 23.2 Å². The molecule has 34 heavy (non-hydrogen) atoms. The highest BCUT2D eigenvalue weighted by atomic mass is 32.2. The van der Waals surface area contributed by atoms with Crippen LogP contribution in [0.25, 0.3) is 21.8 Å². The third-order valence-electron chi connectivity index (χ3n) is 5.26. The quantitative estimate of drug-likeness (QED) is 0.322. The molecule has 0 bridgehead atoms. The second-order valence-corrected chi connectivity index (χ2v) is 9.11. The van der Waals surface area contributed by atoms with E-state index in [0.717, 1.165) is 5.56 Å². The SMILES string of the molecule is O=C(NNS(=O)(=O)c1c[nH]c2ncccc12)c1nn(Cc2ccccc2)c(=O)c2ccccc12. The van der Waals surface area contributed by atoms with Crippen LogP contribution in [0.15, 0.2) is 88.8 Å². The van der Waals surface area contributed by atoms with Gasteiger partial charge in [0.15, 0.2) is 5.69 Å². The first-order valence-corrected chi connectivity index (χ1v) is 11.7. The number of hydrazine groups is 1. The van der Waals surface area contributed by atoms with Crippen molar-refractivity contribution in [1.29, 1.82) is 0 Å². The lowest BCUT2D eigenvalue weighted by molar-refractivity contribution is 0.0939. The van der Waals surface area contributed by atoms with E-state index in [9.17, 15) is 18.0 Å². The van der Waals surface area contributed by atoms with Crippen LogP contribution >= 0.6 is 0 Å². The number of pyridine rings is 1. The van der Waals surface area contributed by atoms with Gasteiger partial charge in [-0.1, -0.05) is 48.5 Å². The number of sulfonamides is 1. The second kappa shape index (κ2) is 8.54. The fourth-order valence-corrected chi connectivity index (χ4v) is 4.65. The molecular formula is C23H18N6O4S. The van der Waals surface area contributed by atoms with Crippen molar-refractivity contribution in [2.24, 2.45) is 0 Å². The van der Waals surface area contributed by atoms with E-state index in [2.05, 4.69) is 25.3 Å². The largest absolute Gasteiger partial charge is 0.345 e. The predicted octanol–water partition coefficient (Wildman–Crippen LogP) is 1.94. The minimum absolute atomic E-state index is 0.0669. The van der Waals surface area contributed by atoms with Crippen molar-refractivity contribution in [2.45, 2.75) is 11.4 Å². The van der Waals surface area contributed by atoms with Gasteiger partial charge in [-0.2, -0.15) is 5.10 Å². The molecule has 2 aromatic carbocycles. The smallest absolute Gasteiger partial charge is 0.287 e. The molecule has 0 fully saturated rings. The van der Waals surface area contributed by atoms with Gasteiger partial charge in [-0.3, -0.25) is 15.0 Å². The number of nitrogens with one attached hydrogen (secondary N) is 3. The summed E-state index contributed by atoms with van der Waals surface area (Å²) in [5, 5.41) is 5.23. The van der Waals surface area contributed by atoms with Gasteiger partial charge in [-0.05, 0) is 23.8 Å². The van der Waals surface area contributed by atoms with E-state index in [1.807, 2.05) is 30.3 Å². The summed E-state index contributed by atoms with van der Waals surface area (Å²) >= 11 is 0. The van der Waals surface area contributed by atoms with Crippen molar-refractivity contribution in [3.05, 3.63) is 101 Å². The van der Waals surface area contributed by atoms with E-state index in [1.54, 1.807) is 36.4 Å². The van der Waals surface area contributed by atoms with Crippen LogP contribution in [0.5, 0.6) is 0 Å². The van der Waals surface area contributed by atoms with Crippen molar-refractivity contribution >= 4 is 37.7 Å². The van der Waals surface area contributed by atoms with Crippen molar-refractivity contribution in [2.75, 3.05) is 0 Å². The Morgan fingerprint density at radius 3 is 2.44 bits per heavy atom. The van der Waals surface area contributed by atoms with Crippen LogP contribution in [-0.4, -0.2) is 34.1 Å². The highest BCUT2D eigenvalue weighted by Gasteiger charge is 2.22. The Hall–Kier alpha value is -4.35. The molecule has 3 N–H and O–H groups in total. The van der Waals surface area contributed by atoms with E-state index < -0.39 is 15.9 Å². The van der Waals surface area contributed by atoms with Crippen molar-refractivity contribution < 1.29 is 13.2 Å². The summed E-state index contributed by atoms with van der Waals surface area (Å²) < 4.78 is 26.8. The fraction of sp³-hybridized carbons (Fsp3) is 0.0435. The normalized spacial score (nSPS) is 11.6. The summed E-state index contributed by atoms with van der Waals surface area (Å²) in [5.41, 5.74) is 2.98. The molecule has 0 saturated heterocycles. The molecule has 0 aliphatic carbocycles. The highest BCUT2D eigenvalue weighted by Crippen LogP contribution is 2.20. The molecule has 170 valence electrons. The summed E-state index contributed by atoms with van der Waals surface area (Å²) in [6.07, 6.45) is 2.82. The summed E-state index contributed by atoms with van der Waals surface area (Å²) in [6, 6.07) is 19.0. The number of H-pyrrole nitrogens is 1. The molecule has 3 aromatic heterocycles. The van der Waals surface area contributed by atoms with E-state index in [4.69, 9.17) is 0 Å². The lowest BCUT2D eigenvalue weighted by atomic mass is 10.1. The lowest BCUT2D eigenvalue weighted by Gasteiger charge is -2.12. The van der Waals surface area contributed by atoms with Gasteiger partial charge in [0.05, 0.1) is 11.9 Å². The third kappa shape index (κ3) is 3.93. The maximum Gasteiger partial charge on any atom is 0.287 e. The second-order valence-electron chi connectivity index (χ2n) is 7.45. The van der Waals surface area contributed by atoms with Gasteiger partial charge in [-0.25, -0.2) is 18.1 Å². The van der Waals surface area contributed by atoms with Crippen molar-refractivity contribution in [3.8, 4) is 0 Å². The van der Waals surface area contributed by atoms with E-state index in [-0.39, 0.29) is 22.7 Å². The Morgan fingerprint density at radius 2 is 1.65 bits per heavy atom. The fourth-order valence-electron chi connectivity index (χ4n) is 3.65. The van der Waals surface area contributed by atoms with Gasteiger partial charge in [-0.15, -0.1) is 4.83 Å². The molecule has 0 atom stereocenters. The zero-order valence-electron chi connectivity index (χ0n) is 17.6. The third-order valence-corrected chi connectivity index (χ3v) is 6.55. The maximum atomic E-state index is 13.0. The minimum atomic E-state index is -4.12. The average molecular weight is 475 g/mol. The van der Waals surface area contributed by atoms with Crippen LogP contribution in [0, 0.1) is 0 Å². The standard InChI is InChI=1S/C23H18N6O4S/c30-22(26-28-34(32,33)19-13-25-21-18(19)11-6-12-24-21)20-16-9-4-5-10-17(16)23(31)29(27-20)14-15-7-2-1-3-8-15/h1-13,28H,14H2,(H,24,25)(H,26,30). The molecule has 1 amide bonds. The van der Waals surface area contributed by atoms with Crippen molar-refractivity contribution in [1.82, 2.24) is 30.0 Å². The molecule has 0 aliphatic rings. The Morgan fingerprint density at radius 1 is 0.941 bits per heavy atom. The van der Waals surface area contributed by atoms with Crippen LogP contribution in [0.3, 0.4) is 0 Å². The molecule has 5 aromatic rings. The molecule has 0 spiro atoms. The van der Waals surface area contributed by atoms with Crippen LogP contribution in [0.1, 0.15) is 16.1 Å². The lowest BCUT2D eigenvalue weighted by Crippen LogP contribution is -2.42. The number of carbonyl (C=O) groups is 1. The van der Waals surface area contributed by atoms with Crippen LogP contribution in [0.4, 0.5) is 0 Å². The van der Waals surface area contributed by atoms with Gasteiger partial charge < -0.3 is 4.98 Å².